The van der Waals surface area contributed by atoms with Crippen LogP contribution in [0.25, 0.3) is 23.1 Å². The summed E-state index contributed by atoms with van der Waals surface area (Å²) < 4.78 is 19.4. The largest absolute Gasteiger partial charge is 0.493 e. The Kier molecular flexibility index (Phi) is 6.78. The maximum atomic E-state index is 14.1. The second-order valence-electron chi connectivity index (χ2n) is 10.7. The molecule has 0 radical (unpaired) electrons. The van der Waals surface area contributed by atoms with Gasteiger partial charge < -0.3 is 13.9 Å². The normalized spacial score (nSPS) is 15.7. The number of furan rings is 1. The molecule has 2 aromatic heterocycles. The van der Waals surface area contributed by atoms with E-state index in [0.717, 1.165) is 35.2 Å². The van der Waals surface area contributed by atoms with Crippen molar-refractivity contribution in [2.45, 2.75) is 25.8 Å². The summed E-state index contributed by atoms with van der Waals surface area (Å²) in [4.78, 5) is 30.8. The zero-order valence-corrected chi connectivity index (χ0v) is 25.0. The van der Waals surface area contributed by atoms with Gasteiger partial charge in [-0.25, -0.2) is 4.99 Å². The highest BCUT2D eigenvalue weighted by molar-refractivity contribution is 7.07. The Morgan fingerprint density at radius 2 is 1.84 bits per heavy atom. The second kappa shape index (κ2) is 10.8. The summed E-state index contributed by atoms with van der Waals surface area (Å²) >= 11 is 1.31. The highest BCUT2D eigenvalue weighted by atomic mass is 32.1. The van der Waals surface area contributed by atoms with Gasteiger partial charge in [-0.2, -0.15) is 0 Å². The fraction of sp³-hybridized carbons (Fsp3) is 0.176. The van der Waals surface area contributed by atoms with Gasteiger partial charge in [0.25, 0.3) is 11.2 Å². The van der Waals surface area contributed by atoms with Crippen molar-refractivity contribution in [1.29, 1.82) is 0 Å². The van der Waals surface area contributed by atoms with Crippen molar-refractivity contribution in [1.82, 2.24) is 4.57 Å². The Balaban J connectivity index is 1.38. The third-order valence-corrected chi connectivity index (χ3v) is 9.17. The van der Waals surface area contributed by atoms with Crippen molar-refractivity contribution in [3.05, 3.63) is 136 Å². The number of hydrogen-bond donors (Lipinski definition) is 0. The van der Waals surface area contributed by atoms with Crippen LogP contribution in [0.4, 0.5) is 5.69 Å². The Hall–Kier alpha value is -5.22. The molecule has 9 nitrogen and oxygen atoms in total. The average Bonchev–Trinajstić information content (AvgIpc) is 3.63. The number of allylic oxidation sites excluding steroid dienone is 1. The number of aromatic nitrogens is 1. The van der Waals surface area contributed by atoms with Crippen LogP contribution in [0.1, 0.15) is 40.5 Å². The summed E-state index contributed by atoms with van der Waals surface area (Å²) in [6.07, 6.45) is 3.33. The highest BCUT2D eigenvalue weighted by Gasteiger charge is 2.33. The molecule has 1 aliphatic heterocycles. The van der Waals surface area contributed by atoms with E-state index in [1.54, 1.807) is 56.1 Å². The van der Waals surface area contributed by atoms with Gasteiger partial charge in [-0.05, 0) is 60.7 Å². The van der Waals surface area contributed by atoms with Crippen molar-refractivity contribution in [2.24, 2.45) is 4.99 Å². The Morgan fingerprint density at radius 1 is 1.02 bits per heavy atom. The van der Waals surface area contributed by atoms with E-state index in [-0.39, 0.29) is 17.3 Å². The fourth-order valence-electron chi connectivity index (χ4n) is 6.02. The predicted octanol–water partition coefficient (Wildman–Crippen LogP) is 5.81. The van der Waals surface area contributed by atoms with Crippen LogP contribution < -0.4 is 24.4 Å². The van der Waals surface area contributed by atoms with Gasteiger partial charge in [0.05, 0.1) is 35.4 Å². The molecule has 5 aromatic rings. The summed E-state index contributed by atoms with van der Waals surface area (Å²) in [6.45, 7) is 1.70. The minimum absolute atomic E-state index is 0.0227. The first kappa shape index (κ1) is 27.6. The number of hydrogen-bond acceptors (Lipinski definition) is 8. The van der Waals surface area contributed by atoms with Gasteiger partial charge in [0.15, 0.2) is 16.3 Å². The number of ether oxygens (including phenoxy) is 2. The van der Waals surface area contributed by atoms with Crippen molar-refractivity contribution in [2.75, 3.05) is 14.2 Å². The van der Waals surface area contributed by atoms with Gasteiger partial charge >= 0.3 is 0 Å². The molecule has 0 saturated carbocycles. The van der Waals surface area contributed by atoms with Crippen LogP contribution in [-0.4, -0.2) is 23.7 Å². The molecular formula is C34H27N3O6S. The fourth-order valence-corrected chi connectivity index (χ4v) is 7.00. The van der Waals surface area contributed by atoms with Crippen LogP contribution >= 0.6 is 11.3 Å². The van der Waals surface area contributed by atoms with Gasteiger partial charge in [-0.3, -0.25) is 19.5 Å². The Bertz CT molecular complexity index is 2190. The molecule has 0 saturated heterocycles. The number of aryl methyl sites for hydroxylation is 2. The van der Waals surface area contributed by atoms with E-state index in [1.165, 1.54) is 23.0 Å². The topological polar surface area (TPSA) is 109 Å². The SMILES string of the molecule is COc1ccc([C@@H]2C3=C(N=c4s/c(=C/c5ccc(-c6ccc(C)c([N+](=O)[O-])c6)o5)c(=O)n42)c2ccccc2CC3)cc1OC. The van der Waals surface area contributed by atoms with Crippen LogP contribution in [0.2, 0.25) is 0 Å². The standard InChI is InChI=1S/C34H27N3O6S/c1-19-8-9-21(16-26(19)37(39)40)27-15-12-23(43-27)18-30-33(38)36-32(22-11-14-28(41-2)29(17-22)42-3)25-13-10-20-6-4-5-7-24(20)31(25)35-34(36)44-30/h4-9,11-12,14-18,32H,10,13H2,1-3H3/b30-18+/t32-/m1/s1. The first-order chi connectivity index (χ1) is 21.4. The number of benzene rings is 3. The molecule has 44 heavy (non-hydrogen) atoms. The first-order valence-corrected chi connectivity index (χ1v) is 14.9. The van der Waals surface area contributed by atoms with Crippen LogP contribution in [0.3, 0.4) is 0 Å². The van der Waals surface area contributed by atoms with Crippen LogP contribution in [-0.2, 0) is 6.42 Å². The maximum Gasteiger partial charge on any atom is 0.273 e. The molecule has 1 atom stereocenters. The van der Waals surface area contributed by atoms with Crippen molar-refractivity contribution in [3.63, 3.8) is 0 Å². The Morgan fingerprint density at radius 3 is 2.64 bits per heavy atom. The summed E-state index contributed by atoms with van der Waals surface area (Å²) in [5.74, 6) is 2.13. The quantitative estimate of drug-likeness (QED) is 0.178. The van der Waals surface area contributed by atoms with Crippen LogP contribution in [0.15, 0.2) is 92.6 Å². The molecule has 1 aliphatic carbocycles. The van der Waals surface area contributed by atoms with E-state index in [2.05, 4.69) is 12.1 Å². The molecule has 3 heterocycles. The van der Waals surface area contributed by atoms with Gasteiger partial charge in [-0.1, -0.05) is 53.8 Å². The zero-order valence-electron chi connectivity index (χ0n) is 24.2. The maximum absolute atomic E-state index is 14.1. The summed E-state index contributed by atoms with van der Waals surface area (Å²) in [6, 6.07) is 22.1. The van der Waals surface area contributed by atoms with Gasteiger partial charge in [0.1, 0.15) is 11.5 Å². The molecule has 0 fully saturated rings. The number of rotatable bonds is 6. The van der Waals surface area contributed by atoms with Crippen LogP contribution in [0.5, 0.6) is 11.5 Å². The number of nitro groups is 1. The molecule has 0 bridgehead atoms. The smallest absolute Gasteiger partial charge is 0.273 e. The molecule has 2 aliphatic rings. The van der Waals surface area contributed by atoms with E-state index in [1.807, 2.05) is 30.3 Å². The summed E-state index contributed by atoms with van der Waals surface area (Å²) in [7, 11) is 3.19. The van der Waals surface area contributed by atoms with E-state index >= 15 is 0 Å². The van der Waals surface area contributed by atoms with Gasteiger partial charge in [-0.15, -0.1) is 0 Å². The molecule has 0 amide bonds. The number of thiazole rings is 1. The number of nitro benzene ring substituents is 1. The van der Waals surface area contributed by atoms with E-state index < -0.39 is 4.92 Å². The lowest BCUT2D eigenvalue weighted by atomic mass is 9.83. The molecule has 7 rings (SSSR count). The van der Waals surface area contributed by atoms with E-state index in [9.17, 15) is 14.9 Å². The van der Waals surface area contributed by atoms with Crippen molar-refractivity contribution < 1.29 is 18.8 Å². The lowest BCUT2D eigenvalue weighted by Gasteiger charge is -2.31. The van der Waals surface area contributed by atoms with Crippen molar-refractivity contribution >= 4 is 28.8 Å². The monoisotopic (exact) mass is 605 g/mol. The number of nitrogens with zero attached hydrogens (tertiary/aromatic N) is 3. The third kappa shape index (κ3) is 4.55. The molecule has 0 unspecified atom stereocenters. The molecule has 3 aromatic carbocycles. The van der Waals surface area contributed by atoms with Gasteiger partial charge in [0.2, 0.25) is 0 Å². The van der Waals surface area contributed by atoms with Crippen molar-refractivity contribution in [3.8, 4) is 22.8 Å². The molecule has 10 heteroatoms. The molecule has 220 valence electrons. The van der Waals surface area contributed by atoms with E-state index in [0.29, 0.717) is 43.5 Å². The molecule has 0 N–H and O–H groups in total. The number of fused-ring (bicyclic) bond motifs is 3. The third-order valence-electron chi connectivity index (χ3n) is 8.19. The van der Waals surface area contributed by atoms with Gasteiger partial charge in [0, 0.05) is 28.8 Å². The lowest BCUT2D eigenvalue weighted by Crippen LogP contribution is -2.38. The molecule has 0 spiro atoms. The van der Waals surface area contributed by atoms with Crippen LogP contribution in [0, 0.1) is 17.0 Å². The predicted molar refractivity (Wildman–Crippen MR) is 168 cm³/mol. The minimum atomic E-state index is -0.406. The second-order valence-corrected chi connectivity index (χ2v) is 11.7. The van der Waals surface area contributed by atoms with E-state index in [4.69, 9.17) is 18.9 Å². The summed E-state index contributed by atoms with van der Waals surface area (Å²) in [5.41, 5.74) is 6.20. The summed E-state index contributed by atoms with van der Waals surface area (Å²) in [5, 5.41) is 11.5. The average molecular weight is 606 g/mol. The Labute approximate surface area is 255 Å². The first-order valence-electron chi connectivity index (χ1n) is 14.1. The highest BCUT2D eigenvalue weighted by Crippen LogP contribution is 2.42. The minimum Gasteiger partial charge on any atom is -0.493 e. The lowest BCUT2D eigenvalue weighted by molar-refractivity contribution is -0.385. The molecular weight excluding hydrogens is 578 g/mol. The number of methoxy groups -OCH3 is 2. The zero-order chi connectivity index (χ0) is 30.5.